The molecule has 0 aromatic heterocycles. The minimum absolute atomic E-state index is 0.119. The van der Waals surface area contributed by atoms with Crippen LogP contribution in [0.25, 0.3) is 0 Å². The molecule has 0 heterocycles. The third-order valence-corrected chi connectivity index (χ3v) is 3.57. The lowest BCUT2D eigenvalue weighted by atomic mass is 10.1. The maximum Gasteiger partial charge on any atom is 0.255 e. The molecule has 0 fully saturated rings. The van der Waals surface area contributed by atoms with E-state index >= 15 is 0 Å². The molecule has 0 radical (unpaired) electrons. The molecule has 3 nitrogen and oxygen atoms in total. The van der Waals surface area contributed by atoms with E-state index < -0.39 is 0 Å². The fraction of sp³-hybridized carbons (Fsp3) is 0.125. The van der Waals surface area contributed by atoms with Crippen LogP contribution in [0.15, 0.2) is 53.4 Å². The van der Waals surface area contributed by atoms with Crippen molar-refractivity contribution < 1.29 is 4.79 Å². The monoisotopic (exact) mass is 282 g/mol. The van der Waals surface area contributed by atoms with Crippen LogP contribution in [0.2, 0.25) is 0 Å². The number of benzene rings is 2. The van der Waals surface area contributed by atoms with Crippen LogP contribution in [-0.2, 0) is 0 Å². The van der Waals surface area contributed by atoms with E-state index in [1.54, 1.807) is 6.07 Å². The minimum atomic E-state index is -0.119. The van der Waals surface area contributed by atoms with Crippen molar-refractivity contribution >= 4 is 23.4 Å². The number of aryl methyl sites for hydroxylation is 1. The standard InChI is InChI=1S/C16H14N2OS/c1-12-3-2-4-13(11-12)16(19)18-14-5-7-15(8-6-14)20-10-9-17/h2-8,11H,10H2,1H3,(H,18,19). The van der Waals surface area contributed by atoms with Crippen LogP contribution in [0.1, 0.15) is 15.9 Å². The van der Waals surface area contributed by atoms with Crippen LogP contribution in [0, 0.1) is 18.3 Å². The van der Waals surface area contributed by atoms with E-state index in [1.165, 1.54) is 11.8 Å². The van der Waals surface area contributed by atoms with E-state index in [2.05, 4.69) is 11.4 Å². The van der Waals surface area contributed by atoms with Gasteiger partial charge < -0.3 is 5.32 Å². The second-order valence-corrected chi connectivity index (χ2v) is 5.34. The lowest BCUT2D eigenvalue weighted by molar-refractivity contribution is 0.102. The Morgan fingerprint density at radius 2 is 2.00 bits per heavy atom. The van der Waals surface area contributed by atoms with E-state index in [9.17, 15) is 4.79 Å². The SMILES string of the molecule is Cc1cccc(C(=O)Nc2ccc(SCC#N)cc2)c1. The number of hydrogen-bond donors (Lipinski definition) is 1. The summed E-state index contributed by atoms with van der Waals surface area (Å²) in [5, 5.41) is 11.4. The predicted octanol–water partition coefficient (Wildman–Crippen LogP) is 3.86. The van der Waals surface area contributed by atoms with Crippen molar-refractivity contribution in [3.8, 4) is 6.07 Å². The first kappa shape index (κ1) is 14.2. The van der Waals surface area contributed by atoms with Crippen molar-refractivity contribution in [1.29, 1.82) is 5.26 Å². The summed E-state index contributed by atoms with van der Waals surface area (Å²) in [6.45, 7) is 1.96. The summed E-state index contributed by atoms with van der Waals surface area (Å²) in [5.74, 6) is 0.306. The molecule has 0 aliphatic rings. The number of carbonyl (C=O) groups excluding carboxylic acids is 1. The molecule has 2 aromatic carbocycles. The Morgan fingerprint density at radius 1 is 1.25 bits per heavy atom. The van der Waals surface area contributed by atoms with Crippen LogP contribution in [0.4, 0.5) is 5.69 Å². The van der Waals surface area contributed by atoms with Gasteiger partial charge in [0.05, 0.1) is 11.8 Å². The highest BCUT2D eigenvalue weighted by Gasteiger charge is 2.05. The fourth-order valence-electron chi connectivity index (χ4n) is 1.74. The van der Waals surface area contributed by atoms with Gasteiger partial charge in [-0.05, 0) is 43.3 Å². The number of nitrogens with zero attached hydrogens (tertiary/aromatic N) is 1. The van der Waals surface area contributed by atoms with Crippen LogP contribution in [-0.4, -0.2) is 11.7 Å². The molecular weight excluding hydrogens is 268 g/mol. The highest BCUT2D eigenvalue weighted by atomic mass is 32.2. The predicted molar refractivity (Wildman–Crippen MR) is 81.9 cm³/mol. The number of anilines is 1. The van der Waals surface area contributed by atoms with Gasteiger partial charge in [0, 0.05) is 16.1 Å². The van der Waals surface area contributed by atoms with E-state index in [1.807, 2.05) is 49.4 Å². The zero-order chi connectivity index (χ0) is 14.4. The summed E-state index contributed by atoms with van der Waals surface area (Å²) in [4.78, 5) is 13.1. The quantitative estimate of drug-likeness (QED) is 0.866. The van der Waals surface area contributed by atoms with Crippen molar-refractivity contribution in [1.82, 2.24) is 0 Å². The van der Waals surface area contributed by atoms with Gasteiger partial charge in [-0.15, -0.1) is 11.8 Å². The average Bonchev–Trinajstić information content (AvgIpc) is 2.46. The summed E-state index contributed by atoms with van der Waals surface area (Å²) in [5.41, 5.74) is 2.45. The normalized spacial score (nSPS) is 9.80. The van der Waals surface area contributed by atoms with Gasteiger partial charge >= 0.3 is 0 Å². The van der Waals surface area contributed by atoms with Crippen LogP contribution in [0.3, 0.4) is 0 Å². The van der Waals surface area contributed by atoms with Crippen LogP contribution in [0.5, 0.6) is 0 Å². The third kappa shape index (κ3) is 3.87. The second kappa shape index (κ2) is 6.78. The molecular formula is C16H14N2OS. The summed E-state index contributed by atoms with van der Waals surface area (Å²) in [6.07, 6.45) is 0. The molecule has 20 heavy (non-hydrogen) atoms. The Balaban J connectivity index is 2.03. The van der Waals surface area contributed by atoms with Gasteiger partial charge in [0.2, 0.25) is 0 Å². The lowest BCUT2D eigenvalue weighted by Gasteiger charge is -2.06. The molecule has 0 saturated carbocycles. The molecule has 0 aliphatic carbocycles. The van der Waals surface area contributed by atoms with Gasteiger partial charge in [-0.25, -0.2) is 0 Å². The molecule has 2 rings (SSSR count). The first-order chi connectivity index (χ1) is 9.69. The van der Waals surface area contributed by atoms with Crippen molar-refractivity contribution in [2.75, 3.05) is 11.1 Å². The highest BCUT2D eigenvalue weighted by Crippen LogP contribution is 2.20. The van der Waals surface area contributed by atoms with Gasteiger partial charge in [0.25, 0.3) is 5.91 Å². The fourth-order valence-corrected chi connectivity index (χ4v) is 2.30. The van der Waals surface area contributed by atoms with E-state index in [0.29, 0.717) is 11.3 Å². The number of nitriles is 1. The van der Waals surface area contributed by atoms with Gasteiger partial charge in [-0.2, -0.15) is 5.26 Å². The highest BCUT2D eigenvalue weighted by molar-refractivity contribution is 7.99. The molecule has 0 saturated heterocycles. The lowest BCUT2D eigenvalue weighted by Crippen LogP contribution is -2.11. The Hall–Kier alpha value is -2.25. The van der Waals surface area contributed by atoms with E-state index in [0.717, 1.165) is 16.1 Å². The second-order valence-electron chi connectivity index (χ2n) is 4.29. The minimum Gasteiger partial charge on any atom is -0.322 e. The maximum atomic E-state index is 12.1. The summed E-state index contributed by atoms with van der Waals surface area (Å²) >= 11 is 1.47. The number of carbonyl (C=O) groups is 1. The average molecular weight is 282 g/mol. The summed E-state index contributed by atoms with van der Waals surface area (Å²) in [7, 11) is 0. The summed E-state index contributed by atoms with van der Waals surface area (Å²) in [6, 6.07) is 17.0. The first-order valence-electron chi connectivity index (χ1n) is 6.17. The number of amides is 1. The van der Waals surface area contributed by atoms with E-state index in [4.69, 9.17) is 5.26 Å². The van der Waals surface area contributed by atoms with Gasteiger partial charge in [0.1, 0.15) is 0 Å². The molecule has 0 aliphatic heterocycles. The molecule has 1 amide bonds. The molecule has 2 aromatic rings. The van der Waals surface area contributed by atoms with Crippen molar-refractivity contribution in [2.45, 2.75) is 11.8 Å². The molecule has 100 valence electrons. The van der Waals surface area contributed by atoms with Gasteiger partial charge in [0.15, 0.2) is 0 Å². The smallest absolute Gasteiger partial charge is 0.255 e. The van der Waals surface area contributed by atoms with Gasteiger partial charge in [-0.1, -0.05) is 17.7 Å². The van der Waals surface area contributed by atoms with Crippen molar-refractivity contribution in [3.05, 3.63) is 59.7 Å². The Kier molecular flexibility index (Phi) is 4.80. The zero-order valence-electron chi connectivity index (χ0n) is 11.1. The number of thioether (sulfide) groups is 1. The third-order valence-electron chi connectivity index (χ3n) is 2.70. The van der Waals surface area contributed by atoms with E-state index in [-0.39, 0.29) is 5.91 Å². The maximum absolute atomic E-state index is 12.1. The van der Waals surface area contributed by atoms with Crippen LogP contribution < -0.4 is 5.32 Å². The Morgan fingerprint density at radius 3 is 2.65 bits per heavy atom. The molecule has 0 atom stereocenters. The Bertz CT molecular complexity index is 644. The van der Waals surface area contributed by atoms with Gasteiger partial charge in [-0.3, -0.25) is 4.79 Å². The zero-order valence-corrected chi connectivity index (χ0v) is 11.9. The molecule has 0 bridgehead atoms. The van der Waals surface area contributed by atoms with Crippen molar-refractivity contribution in [2.24, 2.45) is 0 Å². The summed E-state index contributed by atoms with van der Waals surface area (Å²) < 4.78 is 0. The van der Waals surface area contributed by atoms with Crippen molar-refractivity contribution in [3.63, 3.8) is 0 Å². The molecule has 0 spiro atoms. The number of nitrogens with one attached hydrogen (secondary N) is 1. The number of hydrogen-bond acceptors (Lipinski definition) is 3. The molecule has 1 N–H and O–H groups in total. The largest absolute Gasteiger partial charge is 0.322 e. The Labute approximate surface area is 122 Å². The van der Waals surface area contributed by atoms with Crippen LogP contribution >= 0.6 is 11.8 Å². The first-order valence-corrected chi connectivity index (χ1v) is 7.15. The number of rotatable bonds is 4. The topological polar surface area (TPSA) is 52.9 Å². The molecule has 0 unspecified atom stereocenters. The molecule has 4 heteroatoms.